The van der Waals surface area contributed by atoms with E-state index in [1.807, 2.05) is 0 Å². The molecule has 0 bridgehead atoms. The number of hydrogen-bond acceptors (Lipinski definition) is 4. The van der Waals surface area contributed by atoms with Crippen LogP contribution in [0.15, 0.2) is 53.6 Å². The summed E-state index contributed by atoms with van der Waals surface area (Å²) >= 11 is 0. The summed E-state index contributed by atoms with van der Waals surface area (Å²) in [5, 5.41) is 5.56. The van der Waals surface area contributed by atoms with E-state index in [2.05, 4.69) is 10.4 Å². The van der Waals surface area contributed by atoms with Crippen molar-refractivity contribution in [3.8, 4) is 0 Å². The van der Waals surface area contributed by atoms with E-state index in [4.69, 9.17) is 11.6 Å². The number of hydrazone groups is 1. The van der Waals surface area contributed by atoms with Gasteiger partial charge in [0.2, 0.25) is 11.9 Å². The van der Waals surface area contributed by atoms with Gasteiger partial charge < -0.3 is 16.5 Å². The summed E-state index contributed by atoms with van der Waals surface area (Å²) in [6, 6.07) is 10.8. The number of nitrogens with one attached hydrogen (secondary N) is 1. The van der Waals surface area contributed by atoms with Crippen molar-refractivity contribution in [1.82, 2.24) is 5.32 Å². The SMILES string of the molecule is CC1(C(=O)N/C(N)=N/N)CN(C(=O)c2cccc(C(F)(F)F)c2)c2ccccc21. The van der Waals surface area contributed by atoms with Crippen LogP contribution in [0.25, 0.3) is 0 Å². The highest BCUT2D eigenvalue weighted by Gasteiger charge is 2.47. The molecule has 1 unspecified atom stereocenters. The van der Waals surface area contributed by atoms with Gasteiger partial charge >= 0.3 is 6.18 Å². The molecular weight excluding hydrogens is 387 g/mol. The summed E-state index contributed by atoms with van der Waals surface area (Å²) in [5.74, 6) is 3.56. The van der Waals surface area contributed by atoms with E-state index >= 15 is 0 Å². The molecule has 152 valence electrons. The number of carbonyl (C=O) groups is 2. The number of fused-ring (bicyclic) bond motifs is 1. The minimum atomic E-state index is -4.58. The summed E-state index contributed by atoms with van der Waals surface area (Å²) in [7, 11) is 0. The van der Waals surface area contributed by atoms with Crippen molar-refractivity contribution >= 4 is 23.5 Å². The number of amides is 2. The number of carbonyl (C=O) groups excluding carboxylic acids is 2. The van der Waals surface area contributed by atoms with Crippen molar-refractivity contribution in [3.63, 3.8) is 0 Å². The molecule has 7 nitrogen and oxygen atoms in total. The lowest BCUT2D eigenvalue weighted by molar-refractivity contribution is -0.137. The van der Waals surface area contributed by atoms with Crippen LogP contribution in [0.1, 0.15) is 28.4 Å². The van der Waals surface area contributed by atoms with E-state index in [1.54, 1.807) is 31.2 Å². The van der Waals surface area contributed by atoms with E-state index in [0.29, 0.717) is 11.3 Å². The van der Waals surface area contributed by atoms with E-state index in [9.17, 15) is 22.8 Å². The van der Waals surface area contributed by atoms with Crippen LogP contribution < -0.4 is 21.8 Å². The minimum Gasteiger partial charge on any atom is -0.368 e. The fourth-order valence-corrected chi connectivity index (χ4v) is 3.31. The molecule has 0 radical (unpaired) electrons. The van der Waals surface area contributed by atoms with Crippen LogP contribution >= 0.6 is 0 Å². The molecule has 0 saturated heterocycles. The van der Waals surface area contributed by atoms with Crippen LogP contribution in [-0.4, -0.2) is 24.3 Å². The standard InChI is InChI=1S/C19H18F3N5O2/c1-18(16(29)25-17(23)26-24)10-27(14-8-3-2-7-13(14)18)15(28)11-5-4-6-12(9-11)19(20,21)22/h2-9H,10,24H2,1H3,(H3,23,25,26,29). The van der Waals surface area contributed by atoms with E-state index < -0.39 is 29.0 Å². The molecule has 10 heteroatoms. The Hall–Kier alpha value is -3.56. The van der Waals surface area contributed by atoms with Gasteiger partial charge in [-0.25, -0.2) is 0 Å². The quantitative estimate of drug-likeness (QED) is 0.307. The third kappa shape index (κ3) is 3.60. The van der Waals surface area contributed by atoms with Crippen molar-refractivity contribution in [2.75, 3.05) is 11.4 Å². The van der Waals surface area contributed by atoms with Gasteiger partial charge in [-0.05, 0) is 36.8 Å². The van der Waals surface area contributed by atoms with Crippen molar-refractivity contribution in [1.29, 1.82) is 0 Å². The molecule has 3 rings (SSSR count). The molecule has 2 aromatic rings. The fraction of sp³-hybridized carbons (Fsp3) is 0.211. The predicted molar refractivity (Wildman–Crippen MR) is 101 cm³/mol. The van der Waals surface area contributed by atoms with Gasteiger partial charge in [0.1, 0.15) is 0 Å². The van der Waals surface area contributed by atoms with E-state index in [-0.39, 0.29) is 18.1 Å². The van der Waals surface area contributed by atoms with Gasteiger partial charge in [0, 0.05) is 17.8 Å². The number of anilines is 1. The number of rotatable bonds is 2. The highest BCUT2D eigenvalue weighted by atomic mass is 19.4. The predicted octanol–water partition coefficient (Wildman–Crippen LogP) is 1.93. The van der Waals surface area contributed by atoms with Crippen LogP contribution in [0.5, 0.6) is 0 Å². The lowest BCUT2D eigenvalue weighted by atomic mass is 9.83. The maximum atomic E-state index is 13.0. The Labute approximate surface area is 164 Å². The Kier molecular flexibility index (Phi) is 4.95. The molecular formula is C19H18F3N5O2. The van der Waals surface area contributed by atoms with Crippen LogP contribution in [0, 0.1) is 0 Å². The third-order valence-electron chi connectivity index (χ3n) is 4.83. The highest BCUT2D eigenvalue weighted by Crippen LogP contribution is 2.41. The molecule has 5 N–H and O–H groups in total. The zero-order valence-electron chi connectivity index (χ0n) is 15.3. The Morgan fingerprint density at radius 2 is 1.86 bits per heavy atom. The smallest absolute Gasteiger partial charge is 0.368 e. The second-order valence-electron chi connectivity index (χ2n) is 6.79. The van der Waals surface area contributed by atoms with Gasteiger partial charge in [-0.2, -0.15) is 13.2 Å². The molecule has 1 aliphatic rings. The molecule has 1 aliphatic heterocycles. The molecule has 0 aromatic heterocycles. The molecule has 2 amide bonds. The Morgan fingerprint density at radius 1 is 1.17 bits per heavy atom. The number of halogens is 3. The monoisotopic (exact) mass is 405 g/mol. The number of benzene rings is 2. The Bertz CT molecular complexity index is 1010. The first-order valence-electron chi connectivity index (χ1n) is 8.51. The van der Waals surface area contributed by atoms with Crippen molar-refractivity contribution in [3.05, 3.63) is 65.2 Å². The Morgan fingerprint density at radius 3 is 2.52 bits per heavy atom. The highest BCUT2D eigenvalue weighted by molar-refractivity contribution is 6.11. The topological polar surface area (TPSA) is 114 Å². The first-order valence-corrected chi connectivity index (χ1v) is 8.51. The summed E-state index contributed by atoms with van der Waals surface area (Å²) in [4.78, 5) is 27.1. The normalized spacial score (nSPS) is 19.0. The Balaban J connectivity index is 2.00. The third-order valence-corrected chi connectivity index (χ3v) is 4.83. The van der Waals surface area contributed by atoms with E-state index in [1.165, 1.54) is 17.0 Å². The van der Waals surface area contributed by atoms with Crippen LogP contribution in [-0.2, 0) is 16.4 Å². The van der Waals surface area contributed by atoms with E-state index in [0.717, 1.165) is 12.1 Å². The summed E-state index contributed by atoms with van der Waals surface area (Å²) in [5.41, 5.74) is 4.16. The van der Waals surface area contributed by atoms with Gasteiger partial charge in [-0.15, -0.1) is 5.10 Å². The van der Waals surface area contributed by atoms with Gasteiger partial charge in [-0.3, -0.25) is 14.9 Å². The first-order chi connectivity index (χ1) is 13.6. The number of nitrogens with zero attached hydrogens (tertiary/aromatic N) is 2. The summed E-state index contributed by atoms with van der Waals surface area (Å²) in [6.45, 7) is 1.51. The largest absolute Gasteiger partial charge is 0.416 e. The van der Waals surface area contributed by atoms with Crippen molar-refractivity contribution in [2.45, 2.75) is 18.5 Å². The van der Waals surface area contributed by atoms with Crippen molar-refractivity contribution in [2.24, 2.45) is 16.7 Å². The fourth-order valence-electron chi connectivity index (χ4n) is 3.31. The second kappa shape index (κ2) is 7.12. The zero-order valence-corrected chi connectivity index (χ0v) is 15.3. The molecule has 0 saturated carbocycles. The second-order valence-corrected chi connectivity index (χ2v) is 6.79. The molecule has 1 heterocycles. The van der Waals surface area contributed by atoms with Gasteiger partial charge in [0.25, 0.3) is 5.91 Å². The van der Waals surface area contributed by atoms with Gasteiger partial charge in [-0.1, -0.05) is 24.3 Å². The summed E-state index contributed by atoms with van der Waals surface area (Å²) < 4.78 is 39.1. The average molecular weight is 405 g/mol. The number of alkyl halides is 3. The maximum Gasteiger partial charge on any atom is 0.416 e. The molecule has 29 heavy (non-hydrogen) atoms. The minimum absolute atomic E-state index is 0.0922. The molecule has 0 spiro atoms. The molecule has 0 fully saturated rings. The van der Waals surface area contributed by atoms with Crippen LogP contribution in [0.3, 0.4) is 0 Å². The van der Waals surface area contributed by atoms with Gasteiger partial charge in [0.15, 0.2) is 0 Å². The van der Waals surface area contributed by atoms with Gasteiger partial charge in [0.05, 0.1) is 11.0 Å². The number of para-hydroxylation sites is 1. The molecule has 0 aliphatic carbocycles. The van der Waals surface area contributed by atoms with Crippen molar-refractivity contribution < 1.29 is 22.8 Å². The lowest BCUT2D eigenvalue weighted by Gasteiger charge is -2.24. The first kappa shape index (κ1) is 20.2. The number of hydrogen-bond donors (Lipinski definition) is 3. The zero-order chi connectivity index (χ0) is 21.4. The maximum absolute atomic E-state index is 13.0. The number of guanidine groups is 1. The molecule has 2 aromatic carbocycles. The molecule has 1 atom stereocenters. The van der Waals surface area contributed by atoms with Crippen LogP contribution in [0.2, 0.25) is 0 Å². The average Bonchev–Trinajstić information content (AvgIpc) is 3.01. The number of nitrogens with two attached hydrogens (primary N) is 2. The lowest BCUT2D eigenvalue weighted by Crippen LogP contribution is -2.50. The summed E-state index contributed by atoms with van der Waals surface area (Å²) in [6.07, 6.45) is -4.58. The van der Waals surface area contributed by atoms with Crippen LogP contribution in [0.4, 0.5) is 18.9 Å².